The summed E-state index contributed by atoms with van der Waals surface area (Å²) in [5, 5.41) is 0. The molecular weight excluding hydrogens is 568 g/mol. The zero-order valence-corrected chi connectivity index (χ0v) is 22.7. The summed E-state index contributed by atoms with van der Waals surface area (Å²) in [5.74, 6) is -3.89. The van der Waals surface area contributed by atoms with E-state index in [4.69, 9.17) is 0 Å². The van der Waals surface area contributed by atoms with Crippen LogP contribution in [0, 0.1) is 35.4 Å². The Morgan fingerprint density at radius 3 is 1.11 bits per heavy atom. The zero-order chi connectivity index (χ0) is 27.2. The fraction of sp³-hybridized carbons (Fsp3) is 0.0833. The van der Waals surface area contributed by atoms with E-state index in [1.165, 1.54) is 0 Å². The van der Waals surface area contributed by atoms with Crippen LogP contribution in [-0.2, 0) is 41.8 Å². The maximum absolute atomic E-state index is 12.8. The fourth-order valence-electron chi connectivity index (χ4n) is 2.09. The second-order valence-electron chi connectivity index (χ2n) is 6.74. The average Bonchev–Trinajstić information content (AvgIpc) is 3.50. The molecule has 2 N–H and O–H groups in total. The number of anilines is 2. The molecule has 196 valence electrons. The van der Waals surface area contributed by atoms with Crippen LogP contribution in [0.25, 0.3) is 0 Å². The van der Waals surface area contributed by atoms with Crippen LogP contribution < -0.4 is 9.44 Å². The van der Waals surface area contributed by atoms with E-state index in [0.29, 0.717) is 0 Å². The van der Waals surface area contributed by atoms with Crippen molar-refractivity contribution in [3.05, 3.63) is 120 Å². The van der Waals surface area contributed by atoms with Crippen LogP contribution in [0.4, 0.5) is 28.9 Å². The summed E-state index contributed by atoms with van der Waals surface area (Å²) in [6.07, 6.45) is 1.74. The van der Waals surface area contributed by atoms with Crippen molar-refractivity contribution in [1.29, 1.82) is 0 Å². The molecule has 6 nitrogen and oxygen atoms in total. The van der Waals surface area contributed by atoms with Crippen molar-refractivity contribution in [1.82, 2.24) is 0 Å². The molecule has 0 aromatic heterocycles. The molecule has 4 aromatic rings. The van der Waals surface area contributed by atoms with Gasteiger partial charge in [0.2, 0.25) is 20.0 Å². The molecule has 0 amide bonds. The smallest absolute Gasteiger partial charge is 0.334 e. The molecule has 13 heteroatoms. The van der Waals surface area contributed by atoms with Gasteiger partial charge >= 0.3 is 21.7 Å². The predicted molar refractivity (Wildman–Crippen MR) is 131 cm³/mol. The first-order chi connectivity index (χ1) is 16.8. The molecule has 0 bridgehead atoms. The molecule has 0 fully saturated rings. The maximum Gasteiger partial charge on any atom is 4.00 e. The van der Waals surface area contributed by atoms with E-state index in [1.807, 2.05) is 70.1 Å². The SMILES string of the molecule is CS(=O)(=O)Nc1ccc(F)[c-]c1F.CS(=O)(=O)Nc1ccc(F)[c-]c1F.[Ti+4].c1cc[cH-]c1.c1cc[cH-]c1. The van der Waals surface area contributed by atoms with E-state index < -0.39 is 43.3 Å². The van der Waals surface area contributed by atoms with Crippen molar-refractivity contribution in [3.8, 4) is 0 Å². The van der Waals surface area contributed by atoms with Gasteiger partial charge in [0.15, 0.2) is 0 Å². The molecular formula is C24H22F4N2O4S2Ti. The van der Waals surface area contributed by atoms with Crippen LogP contribution >= 0.6 is 0 Å². The molecule has 0 aliphatic carbocycles. The van der Waals surface area contributed by atoms with Gasteiger partial charge in [0.1, 0.15) is 0 Å². The number of hydrogen-bond acceptors (Lipinski definition) is 4. The van der Waals surface area contributed by atoms with Gasteiger partial charge in [0.25, 0.3) is 0 Å². The van der Waals surface area contributed by atoms with E-state index in [0.717, 1.165) is 36.8 Å². The molecule has 0 aliphatic rings. The van der Waals surface area contributed by atoms with Crippen molar-refractivity contribution in [2.75, 3.05) is 22.0 Å². The molecule has 0 unspecified atom stereocenters. The Morgan fingerprint density at radius 2 is 0.919 bits per heavy atom. The van der Waals surface area contributed by atoms with Crippen LogP contribution in [0.3, 0.4) is 0 Å². The second kappa shape index (κ2) is 16.7. The van der Waals surface area contributed by atoms with Gasteiger partial charge < -0.3 is 9.44 Å². The van der Waals surface area contributed by atoms with Gasteiger partial charge in [0.05, 0.1) is 12.5 Å². The third-order valence-corrected chi connectivity index (χ3v) is 4.61. The first kappa shape index (κ1) is 34.1. The molecule has 37 heavy (non-hydrogen) atoms. The quantitative estimate of drug-likeness (QED) is 0.197. The van der Waals surface area contributed by atoms with Crippen molar-refractivity contribution >= 4 is 31.4 Å². The van der Waals surface area contributed by atoms with Crippen molar-refractivity contribution in [3.63, 3.8) is 0 Å². The van der Waals surface area contributed by atoms with Gasteiger partial charge in [-0.15, -0.1) is 36.4 Å². The topological polar surface area (TPSA) is 92.3 Å². The number of rotatable bonds is 4. The molecule has 0 saturated carbocycles. The van der Waals surface area contributed by atoms with Gasteiger partial charge in [0, 0.05) is 23.3 Å². The van der Waals surface area contributed by atoms with Crippen LogP contribution in [0.15, 0.2) is 84.9 Å². The Balaban J connectivity index is 0.000000502. The standard InChI is InChI=1S/2C7H6F2NO2S.2C5H5.Ti/c2*1-13(11,12)10-7-3-2-5(8)4-6(7)9;2*1-2-4-5-3-1;/h2*2-3,10H,1H3;2*1-5H;/q4*-1;+4. The summed E-state index contributed by atoms with van der Waals surface area (Å²) >= 11 is 0. The largest absolute Gasteiger partial charge is 4.00 e. The number of sulfonamides is 2. The summed E-state index contributed by atoms with van der Waals surface area (Å²) in [7, 11) is -7.09. The van der Waals surface area contributed by atoms with E-state index in [-0.39, 0.29) is 33.1 Å². The molecule has 0 atom stereocenters. The molecule has 4 aromatic carbocycles. The van der Waals surface area contributed by atoms with Gasteiger partial charge in [-0.1, -0.05) is 0 Å². The Morgan fingerprint density at radius 1 is 0.622 bits per heavy atom. The summed E-state index contributed by atoms with van der Waals surface area (Å²) in [6, 6.07) is 27.2. The first-order valence-corrected chi connectivity index (χ1v) is 13.6. The minimum absolute atomic E-state index is 0. The predicted octanol–water partition coefficient (Wildman–Crippen LogP) is 5.08. The number of benzene rings is 2. The first-order valence-electron chi connectivity index (χ1n) is 9.80. The Bertz CT molecular complexity index is 1240. The molecule has 4 rings (SSSR count). The summed E-state index contributed by atoms with van der Waals surface area (Å²) in [6.45, 7) is 0. The van der Waals surface area contributed by atoms with Crippen molar-refractivity contribution in [2.24, 2.45) is 0 Å². The normalized spacial score (nSPS) is 10.1. The van der Waals surface area contributed by atoms with Gasteiger partial charge in [-0.3, -0.25) is 0 Å². The minimum atomic E-state index is -3.54. The number of halogens is 4. The Labute approximate surface area is 229 Å². The van der Waals surface area contributed by atoms with Crippen molar-refractivity contribution < 1.29 is 56.1 Å². The third kappa shape index (κ3) is 17.2. The maximum atomic E-state index is 12.8. The summed E-state index contributed by atoms with van der Waals surface area (Å²) in [5.41, 5.74) is -0.632. The number of nitrogens with one attached hydrogen (secondary N) is 2. The minimum Gasteiger partial charge on any atom is -0.334 e. The van der Waals surface area contributed by atoms with Gasteiger partial charge in [-0.05, 0) is 11.4 Å². The van der Waals surface area contributed by atoms with E-state index >= 15 is 0 Å². The Kier molecular flexibility index (Phi) is 15.4. The van der Waals surface area contributed by atoms with E-state index in [2.05, 4.69) is 0 Å². The van der Waals surface area contributed by atoms with Gasteiger partial charge in [-0.25, -0.2) is 58.7 Å². The molecule has 0 saturated heterocycles. The molecule has 0 aliphatic heterocycles. The van der Waals surface area contributed by atoms with Crippen molar-refractivity contribution in [2.45, 2.75) is 0 Å². The zero-order valence-electron chi connectivity index (χ0n) is 19.5. The summed E-state index contributed by atoms with van der Waals surface area (Å²) in [4.78, 5) is 0. The molecule has 0 radical (unpaired) electrons. The average molecular weight is 590 g/mol. The van der Waals surface area contributed by atoms with Gasteiger partial charge in [-0.2, -0.15) is 36.4 Å². The van der Waals surface area contributed by atoms with Crippen LogP contribution in [0.1, 0.15) is 0 Å². The number of hydrogen-bond donors (Lipinski definition) is 2. The van der Waals surface area contributed by atoms with Crippen LogP contribution in [0.2, 0.25) is 0 Å². The van der Waals surface area contributed by atoms with Crippen LogP contribution in [-0.4, -0.2) is 29.3 Å². The summed E-state index contributed by atoms with van der Waals surface area (Å²) < 4.78 is 96.5. The fourth-order valence-corrected chi connectivity index (χ4v) is 3.20. The monoisotopic (exact) mass is 590 g/mol. The third-order valence-electron chi connectivity index (χ3n) is 3.43. The van der Waals surface area contributed by atoms with Crippen LogP contribution in [0.5, 0.6) is 0 Å². The second-order valence-corrected chi connectivity index (χ2v) is 10.2. The van der Waals surface area contributed by atoms with E-state index in [1.54, 1.807) is 12.1 Å². The Hall–Kier alpha value is -2.93. The molecule has 0 spiro atoms. The van der Waals surface area contributed by atoms with E-state index in [9.17, 15) is 34.4 Å². The molecule has 0 heterocycles.